The Morgan fingerprint density at radius 3 is 2.44 bits per heavy atom. The van der Waals surface area contributed by atoms with Crippen molar-refractivity contribution < 1.29 is 23.4 Å². The van der Waals surface area contributed by atoms with Gasteiger partial charge < -0.3 is 9.94 Å². The van der Waals surface area contributed by atoms with E-state index in [2.05, 4.69) is 4.84 Å². The van der Waals surface area contributed by atoms with Crippen LogP contribution < -0.4 is 0 Å². The standard InChI is InChI=1S/C8H9NO6S/c10-8(6-15-9(11)12)16(13,14)7-4-2-1-3-5-7/h1-5,8,10H,6H2. The van der Waals surface area contributed by atoms with Gasteiger partial charge in [-0.25, -0.2) is 8.42 Å². The highest BCUT2D eigenvalue weighted by molar-refractivity contribution is 7.91. The molecule has 1 N–H and O–H groups in total. The molecule has 0 saturated heterocycles. The summed E-state index contributed by atoms with van der Waals surface area (Å²) in [6.07, 6.45) is 0. The molecule has 0 aromatic heterocycles. The summed E-state index contributed by atoms with van der Waals surface area (Å²) in [5, 5.41) is 17.9. The summed E-state index contributed by atoms with van der Waals surface area (Å²) in [4.78, 5) is 13.5. The predicted octanol–water partition coefficient (Wildman–Crippen LogP) is -0.0130. The summed E-state index contributed by atoms with van der Waals surface area (Å²) in [5.41, 5.74) is -1.96. The summed E-state index contributed by atoms with van der Waals surface area (Å²) >= 11 is 0. The number of rotatable bonds is 5. The van der Waals surface area contributed by atoms with Crippen LogP contribution in [0.25, 0.3) is 0 Å². The van der Waals surface area contributed by atoms with Gasteiger partial charge in [-0.1, -0.05) is 18.2 Å². The smallest absolute Gasteiger partial charge is 0.294 e. The molecule has 0 aliphatic rings. The highest BCUT2D eigenvalue weighted by atomic mass is 32.2. The Bertz CT molecular complexity index is 457. The first kappa shape index (κ1) is 12.4. The van der Waals surface area contributed by atoms with Crippen LogP contribution >= 0.6 is 0 Å². The first-order valence-electron chi connectivity index (χ1n) is 4.19. The zero-order chi connectivity index (χ0) is 12.2. The maximum atomic E-state index is 11.6. The third-order valence-corrected chi connectivity index (χ3v) is 3.53. The van der Waals surface area contributed by atoms with E-state index in [1.807, 2.05) is 0 Å². The van der Waals surface area contributed by atoms with E-state index in [0.29, 0.717) is 0 Å². The van der Waals surface area contributed by atoms with Crippen molar-refractivity contribution in [1.82, 2.24) is 0 Å². The summed E-state index contributed by atoms with van der Waals surface area (Å²) in [6.45, 7) is -0.912. The number of sulfone groups is 1. The van der Waals surface area contributed by atoms with Gasteiger partial charge in [0.05, 0.1) is 4.90 Å². The third kappa shape index (κ3) is 2.91. The van der Waals surface area contributed by atoms with Crippen molar-refractivity contribution in [3.8, 4) is 0 Å². The highest BCUT2D eigenvalue weighted by Crippen LogP contribution is 2.14. The molecule has 1 aromatic carbocycles. The molecule has 0 aliphatic carbocycles. The second kappa shape index (κ2) is 4.90. The topological polar surface area (TPSA) is 107 Å². The Kier molecular flexibility index (Phi) is 3.80. The van der Waals surface area contributed by atoms with Crippen LogP contribution in [-0.4, -0.2) is 30.7 Å². The molecule has 0 bridgehead atoms. The van der Waals surface area contributed by atoms with Crippen LogP contribution in [0, 0.1) is 10.1 Å². The summed E-state index contributed by atoms with van der Waals surface area (Å²) < 4.78 is 23.2. The summed E-state index contributed by atoms with van der Waals surface area (Å²) in [5.74, 6) is 0. The van der Waals surface area contributed by atoms with E-state index in [-0.39, 0.29) is 4.90 Å². The second-order valence-electron chi connectivity index (χ2n) is 2.83. The van der Waals surface area contributed by atoms with Crippen molar-refractivity contribution in [1.29, 1.82) is 0 Å². The Hall–Kier alpha value is -1.67. The number of hydrogen-bond donors (Lipinski definition) is 1. The van der Waals surface area contributed by atoms with Crippen LogP contribution in [0.15, 0.2) is 35.2 Å². The lowest BCUT2D eigenvalue weighted by Crippen LogP contribution is -2.27. The Morgan fingerprint density at radius 1 is 1.38 bits per heavy atom. The third-order valence-electron chi connectivity index (χ3n) is 1.75. The predicted molar refractivity (Wildman–Crippen MR) is 52.6 cm³/mol. The molecule has 1 rings (SSSR count). The summed E-state index contributed by atoms with van der Waals surface area (Å²) in [7, 11) is -4.01. The van der Waals surface area contributed by atoms with Gasteiger partial charge in [-0.3, -0.25) is 0 Å². The van der Waals surface area contributed by atoms with Gasteiger partial charge in [-0.2, -0.15) is 0 Å². The van der Waals surface area contributed by atoms with Crippen LogP contribution in [0.4, 0.5) is 0 Å². The second-order valence-corrected chi connectivity index (χ2v) is 4.94. The van der Waals surface area contributed by atoms with Gasteiger partial charge >= 0.3 is 0 Å². The molecule has 7 nitrogen and oxygen atoms in total. The van der Waals surface area contributed by atoms with Crippen molar-refractivity contribution in [3.63, 3.8) is 0 Å². The van der Waals surface area contributed by atoms with Crippen LogP contribution in [0.5, 0.6) is 0 Å². The first-order chi connectivity index (χ1) is 7.44. The lowest BCUT2D eigenvalue weighted by atomic mass is 10.4. The van der Waals surface area contributed by atoms with Gasteiger partial charge in [0.1, 0.15) is 6.61 Å². The number of aliphatic hydroxyl groups excluding tert-OH is 1. The Balaban J connectivity index is 2.82. The average molecular weight is 247 g/mol. The lowest BCUT2D eigenvalue weighted by Gasteiger charge is -2.10. The molecule has 8 heteroatoms. The van der Waals surface area contributed by atoms with Gasteiger partial charge in [-0.15, -0.1) is 10.1 Å². The number of nitrogens with zero attached hydrogens (tertiary/aromatic N) is 1. The van der Waals surface area contributed by atoms with Crippen molar-refractivity contribution >= 4 is 9.84 Å². The molecule has 1 aromatic rings. The van der Waals surface area contributed by atoms with E-state index >= 15 is 0 Å². The maximum Gasteiger partial charge on any atom is 0.294 e. The molecule has 1 unspecified atom stereocenters. The zero-order valence-corrected chi connectivity index (χ0v) is 8.83. The molecule has 0 aliphatic heterocycles. The molecule has 0 heterocycles. The fourth-order valence-electron chi connectivity index (χ4n) is 0.981. The van der Waals surface area contributed by atoms with Crippen molar-refractivity contribution in [2.24, 2.45) is 0 Å². The van der Waals surface area contributed by atoms with Crippen molar-refractivity contribution in [2.75, 3.05) is 6.61 Å². The monoisotopic (exact) mass is 247 g/mol. The Labute approximate surface area is 91.3 Å². The number of hydrogen-bond acceptors (Lipinski definition) is 6. The maximum absolute atomic E-state index is 11.6. The van der Waals surface area contributed by atoms with Gasteiger partial charge in [-0.05, 0) is 12.1 Å². The molecule has 0 radical (unpaired) electrons. The molecular formula is C8H9NO6S. The van der Waals surface area contributed by atoms with E-state index in [1.54, 1.807) is 6.07 Å². The van der Waals surface area contributed by atoms with Crippen LogP contribution in [0.2, 0.25) is 0 Å². The van der Waals surface area contributed by atoms with E-state index in [4.69, 9.17) is 0 Å². The molecule has 0 saturated carbocycles. The van der Waals surface area contributed by atoms with E-state index in [1.165, 1.54) is 24.3 Å². The molecule has 0 fully saturated rings. The van der Waals surface area contributed by atoms with Crippen LogP contribution in [0.3, 0.4) is 0 Å². The molecule has 16 heavy (non-hydrogen) atoms. The molecule has 0 spiro atoms. The van der Waals surface area contributed by atoms with Crippen molar-refractivity contribution in [2.45, 2.75) is 10.3 Å². The molecule has 1 atom stereocenters. The first-order valence-corrected chi connectivity index (χ1v) is 5.73. The molecular weight excluding hydrogens is 238 g/mol. The zero-order valence-electron chi connectivity index (χ0n) is 8.02. The summed E-state index contributed by atoms with van der Waals surface area (Å²) in [6, 6.07) is 7.14. The number of benzene rings is 1. The number of aliphatic hydroxyl groups is 1. The van der Waals surface area contributed by atoms with E-state index in [9.17, 15) is 23.6 Å². The highest BCUT2D eigenvalue weighted by Gasteiger charge is 2.26. The minimum Gasteiger partial charge on any atom is -0.375 e. The van der Waals surface area contributed by atoms with E-state index in [0.717, 1.165) is 0 Å². The van der Waals surface area contributed by atoms with E-state index < -0.39 is 27.0 Å². The minimum absolute atomic E-state index is 0.116. The van der Waals surface area contributed by atoms with Crippen LogP contribution in [0.1, 0.15) is 0 Å². The largest absolute Gasteiger partial charge is 0.375 e. The SMILES string of the molecule is O=[N+]([O-])OCC(O)S(=O)(=O)c1ccccc1. The quantitative estimate of drug-likeness (QED) is 0.579. The fourth-order valence-corrected chi connectivity index (χ4v) is 2.07. The molecule has 88 valence electrons. The lowest BCUT2D eigenvalue weighted by molar-refractivity contribution is -0.758. The normalized spacial score (nSPS) is 13.1. The molecule has 0 amide bonds. The van der Waals surface area contributed by atoms with Gasteiger partial charge in [0, 0.05) is 0 Å². The van der Waals surface area contributed by atoms with Crippen LogP contribution in [-0.2, 0) is 14.7 Å². The van der Waals surface area contributed by atoms with Gasteiger partial charge in [0.2, 0.25) is 9.84 Å². The van der Waals surface area contributed by atoms with Gasteiger partial charge in [0.15, 0.2) is 5.44 Å². The average Bonchev–Trinajstić information content (AvgIpc) is 2.27. The van der Waals surface area contributed by atoms with Crippen molar-refractivity contribution in [3.05, 3.63) is 40.4 Å². The Morgan fingerprint density at radius 2 is 1.94 bits per heavy atom. The minimum atomic E-state index is -4.01. The fraction of sp³-hybridized carbons (Fsp3) is 0.250. The van der Waals surface area contributed by atoms with Gasteiger partial charge in [0.25, 0.3) is 5.09 Å².